The molecule has 0 bridgehead atoms. The molecule has 1 aliphatic heterocycles. The highest BCUT2D eigenvalue weighted by molar-refractivity contribution is 5.97. The molecule has 8 heteroatoms. The van der Waals surface area contributed by atoms with Crippen LogP contribution in [0.15, 0.2) is 24.3 Å². The summed E-state index contributed by atoms with van der Waals surface area (Å²) in [4.78, 5) is 26.6. The zero-order chi connectivity index (χ0) is 18.1. The molecule has 0 aromatic heterocycles. The van der Waals surface area contributed by atoms with Crippen LogP contribution < -0.4 is 15.4 Å². The van der Waals surface area contributed by atoms with Gasteiger partial charge in [-0.3, -0.25) is 14.5 Å². The number of ether oxygens (including phenoxy) is 2. The highest BCUT2D eigenvalue weighted by Gasteiger charge is 2.21. The number of hydrogen-bond donors (Lipinski definition) is 3. The molecule has 25 heavy (non-hydrogen) atoms. The Labute approximate surface area is 147 Å². The smallest absolute Gasteiger partial charge is 0.252 e. The normalized spacial score (nSPS) is 16.1. The molecule has 1 atom stereocenters. The summed E-state index contributed by atoms with van der Waals surface area (Å²) in [7, 11) is 1.51. The van der Waals surface area contributed by atoms with Gasteiger partial charge in [0.2, 0.25) is 5.91 Å². The van der Waals surface area contributed by atoms with Gasteiger partial charge in [-0.05, 0) is 18.2 Å². The van der Waals surface area contributed by atoms with E-state index in [9.17, 15) is 14.7 Å². The number of nitrogens with one attached hydrogen (secondary N) is 2. The number of amides is 2. The molecule has 1 aromatic rings. The second kappa shape index (κ2) is 9.97. The Balaban J connectivity index is 1.81. The summed E-state index contributed by atoms with van der Waals surface area (Å²) in [5, 5.41) is 14.7. The van der Waals surface area contributed by atoms with Crippen molar-refractivity contribution in [3.05, 3.63) is 29.8 Å². The van der Waals surface area contributed by atoms with Crippen LogP contribution in [0.1, 0.15) is 10.4 Å². The van der Waals surface area contributed by atoms with Crippen molar-refractivity contribution in [1.82, 2.24) is 15.5 Å². The van der Waals surface area contributed by atoms with Crippen LogP contribution in [-0.4, -0.2) is 81.0 Å². The zero-order valence-electron chi connectivity index (χ0n) is 14.4. The number of rotatable bonds is 8. The molecule has 1 saturated heterocycles. The minimum absolute atomic E-state index is 0.360. The number of carbonyl (C=O) groups excluding carboxylic acids is 2. The third-order valence-electron chi connectivity index (χ3n) is 3.97. The van der Waals surface area contributed by atoms with Crippen LogP contribution in [0.5, 0.6) is 5.75 Å². The van der Waals surface area contributed by atoms with E-state index in [2.05, 4.69) is 15.5 Å². The lowest BCUT2D eigenvalue weighted by Crippen LogP contribution is -2.50. The van der Waals surface area contributed by atoms with Gasteiger partial charge in [0.1, 0.15) is 11.8 Å². The Bertz CT molecular complexity index is 575. The first-order valence-electron chi connectivity index (χ1n) is 8.27. The number of aliphatic hydroxyl groups is 1. The van der Waals surface area contributed by atoms with Gasteiger partial charge in [-0.15, -0.1) is 0 Å². The fourth-order valence-corrected chi connectivity index (χ4v) is 2.49. The van der Waals surface area contributed by atoms with Crippen molar-refractivity contribution in [1.29, 1.82) is 0 Å². The summed E-state index contributed by atoms with van der Waals surface area (Å²) in [5.41, 5.74) is 0.360. The number of methoxy groups -OCH3 is 1. The van der Waals surface area contributed by atoms with Gasteiger partial charge in [0.25, 0.3) is 5.91 Å². The maximum Gasteiger partial charge on any atom is 0.252 e. The molecule has 138 valence electrons. The van der Waals surface area contributed by atoms with Crippen LogP contribution in [0.2, 0.25) is 0 Å². The molecule has 0 aliphatic carbocycles. The maximum atomic E-state index is 12.2. The molecule has 3 N–H and O–H groups in total. The highest BCUT2D eigenvalue weighted by atomic mass is 16.5. The Hall–Kier alpha value is -2.16. The van der Waals surface area contributed by atoms with Gasteiger partial charge >= 0.3 is 0 Å². The Morgan fingerprint density at radius 1 is 1.36 bits per heavy atom. The summed E-state index contributed by atoms with van der Waals surface area (Å²) < 4.78 is 10.3. The Morgan fingerprint density at radius 3 is 2.80 bits per heavy atom. The summed E-state index contributed by atoms with van der Waals surface area (Å²) in [5.74, 6) is -0.309. The van der Waals surface area contributed by atoms with Crippen LogP contribution in [0.3, 0.4) is 0 Å². The molecule has 0 unspecified atom stereocenters. The Morgan fingerprint density at radius 2 is 2.12 bits per heavy atom. The number of aliphatic hydroxyl groups excluding tert-OH is 1. The molecule has 1 aromatic carbocycles. The predicted molar refractivity (Wildman–Crippen MR) is 91.6 cm³/mol. The number of nitrogens with zero attached hydrogens (tertiary/aromatic N) is 1. The first-order valence-corrected chi connectivity index (χ1v) is 8.27. The van der Waals surface area contributed by atoms with E-state index in [1.54, 1.807) is 24.3 Å². The van der Waals surface area contributed by atoms with E-state index in [1.165, 1.54) is 7.11 Å². The molecule has 8 nitrogen and oxygen atoms in total. The topological polar surface area (TPSA) is 100 Å². The SMILES string of the molecule is COc1cccc(C(=O)N[C@@H](CO)C(=O)NCCN2CCOCC2)c1. The van der Waals surface area contributed by atoms with E-state index < -0.39 is 24.5 Å². The van der Waals surface area contributed by atoms with Crippen molar-refractivity contribution >= 4 is 11.8 Å². The molecular weight excluding hydrogens is 326 g/mol. The van der Waals surface area contributed by atoms with E-state index in [1.807, 2.05) is 0 Å². The molecule has 1 heterocycles. The summed E-state index contributed by atoms with van der Waals surface area (Å²) in [6.07, 6.45) is 0. The van der Waals surface area contributed by atoms with E-state index >= 15 is 0 Å². The number of morpholine rings is 1. The molecule has 0 spiro atoms. The number of hydrogen-bond acceptors (Lipinski definition) is 6. The summed E-state index contributed by atoms with van der Waals surface area (Å²) in [6.45, 7) is 3.76. The fourth-order valence-electron chi connectivity index (χ4n) is 2.49. The average Bonchev–Trinajstić information content (AvgIpc) is 2.66. The van der Waals surface area contributed by atoms with Gasteiger partial charge in [0.05, 0.1) is 26.9 Å². The minimum atomic E-state index is -0.997. The van der Waals surface area contributed by atoms with Crippen LogP contribution in [0.4, 0.5) is 0 Å². The first-order chi connectivity index (χ1) is 12.1. The number of benzene rings is 1. The molecule has 0 radical (unpaired) electrons. The zero-order valence-corrected chi connectivity index (χ0v) is 14.4. The van der Waals surface area contributed by atoms with Gasteiger partial charge in [-0.25, -0.2) is 0 Å². The average molecular weight is 351 g/mol. The Kier molecular flexibility index (Phi) is 7.65. The lowest BCUT2D eigenvalue weighted by molar-refractivity contribution is -0.123. The van der Waals surface area contributed by atoms with Gasteiger partial charge < -0.3 is 25.2 Å². The standard InChI is InChI=1S/C17H25N3O5/c1-24-14-4-2-3-13(11-14)16(22)19-15(12-21)17(23)18-5-6-20-7-9-25-10-8-20/h2-4,11,15,21H,5-10,12H2,1H3,(H,18,23)(H,19,22)/t15-/m0/s1. The van der Waals surface area contributed by atoms with Gasteiger partial charge in [-0.2, -0.15) is 0 Å². The van der Waals surface area contributed by atoms with Crippen molar-refractivity contribution in [3.8, 4) is 5.75 Å². The van der Waals surface area contributed by atoms with Crippen molar-refractivity contribution in [2.45, 2.75) is 6.04 Å². The van der Waals surface area contributed by atoms with E-state index in [-0.39, 0.29) is 0 Å². The second-order valence-corrected chi connectivity index (χ2v) is 5.69. The van der Waals surface area contributed by atoms with E-state index in [4.69, 9.17) is 9.47 Å². The summed E-state index contributed by atoms with van der Waals surface area (Å²) >= 11 is 0. The number of carbonyl (C=O) groups is 2. The monoisotopic (exact) mass is 351 g/mol. The van der Waals surface area contributed by atoms with Crippen molar-refractivity contribution in [3.63, 3.8) is 0 Å². The lowest BCUT2D eigenvalue weighted by atomic mass is 10.2. The third kappa shape index (κ3) is 6.00. The van der Waals surface area contributed by atoms with E-state index in [0.29, 0.717) is 37.6 Å². The van der Waals surface area contributed by atoms with Gasteiger partial charge in [-0.1, -0.05) is 6.07 Å². The van der Waals surface area contributed by atoms with Crippen LogP contribution in [0, 0.1) is 0 Å². The molecule has 1 aliphatic rings. The minimum Gasteiger partial charge on any atom is -0.497 e. The van der Waals surface area contributed by atoms with Crippen LogP contribution in [-0.2, 0) is 9.53 Å². The second-order valence-electron chi connectivity index (χ2n) is 5.69. The van der Waals surface area contributed by atoms with Crippen molar-refractivity contribution < 1.29 is 24.2 Å². The molecule has 2 rings (SSSR count). The van der Waals surface area contributed by atoms with Crippen molar-refractivity contribution in [2.75, 3.05) is 53.1 Å². The quantitative estimate of drug-likeness (QED) is 0.569. The third-order valence-corrected chi connectivity index (χ3v) is 3.97. The molecule has 0 saturated carbocycles. The largest absolute Gasteiger partial charge is 0.497 e. The fraction of sp³-hybridized carbons (Fsp3) is 0.529. The predicted octanol–water partition coefficient (Wildman–Crippen LogP) is -0.766. The first kappa shape index (κ1) is 19.2. The van der Waals surface area contributed by atoms with Gasteiger partial charge in [0.15, 0.2) is 0 Å². The summed E-state index contributed by atoms with van der Waals surface area (Å²) in [6, 6.07) is 5.59. The highest BCUT2D eigenvalue weighted by Crippen LogP contribution is 2.12. The molecule has 1 fully saturated rings. The molecule has 2 amide bonds. The maximum absolute atomic E-state index is 12.2. The molecular formula is C17H25N3O5. The van der Waals surface area contributed by atoms with Crippen LogP contribution in [0.25, 0.3) is 0 Å². The van der Waals surface area contributed by atoms with Crippen LogP contribution >= 0.6 is 0 Å². The lowest BCUT2D eigenvalue weighted by Gasteiger charge is -2.26. The van der Waals surface area contributed by atoms with Gasteiger partial charge in [0, 0.05) is 31.7 Å². The van der Waals surface area contributed by atoms with E-state index in [0.717, 1.165) is 13.1 Å². The van der Waals surface area contributed by atoms with Crippen molar-refractivity contribution in [2.24, 2.45) is 0 Å².